The number of hydrogen-bond donors (Lipinski definition) is 1. The SMILES string of the molecule is O=C([C@@H]1C[C@H](N2CCC(c3ccc4ccccc4n3)CC2)CN1)N1CCSCC1. The molecule has 0 spiro atoms. The van der Waals surface area contributed by atoms with Crippen LogP contribution < -0.4 is 5.32 Å². The number of piperidine rings is 1. The number of carbonyl (C=O) groups is 1. The molecule has 0 radical (unpaired) electrons. The van der Waals surface area contributed by atoms with Crippen LogP contribution in [0.1, 0.15) is 30.9 Å². The summed E-state index contributed by atoms with van der Waals surface area (Å²) < 4.78 is 0. The average Bonchev–Trinajstić information content (AvgIpc) is 3.29. The van der Waals surface area contributed by atoms with Crippen molar-refractivity contribution in [1.82, 2.24) is 20.1 Å². The molecule has 5 rings (SSSR count). The first-order valence-corrected chi connectivity index (χ1v) is 12.1. The van der Waals surface area contributed by atoms with E-state index in [-0.39, 0.29) is 6.04 Å². The third-order valence-corrected chi connectivity index (χ3v) is 7.76. The summed E-state index contributed by atoms with van der Waals surface area (Å²) in [5, 5.41) is 4.73. The van der Waals surface area contributed by atoms with Gasteiger partial charge in [0.25, 0.3) is 0 Å². The van der Waals surface area contributed by atoms with Crippen LogP contribution in [0.15, 0.2) is 36.4 Å². The first-order chi connectivity index (χ1) is 14.3. The van der Waals surface area contributed by atoms with Crippen molar-refractivity contribution < 1.29 is 4.79 Å². The van der Waals surface area contributed by atoms with Crippen LogP contribution >= 0.6 is 11.8 Å². The molecule has 2 aromatic rings. The van der Waals surface area contributed by atoms with Crippen molar-refractivity contribution in [3.63, 3.8) is 0 Å². The third-order valence-electron chi connectivity index (χ3n) is 6.81. The second kappa shape index (κ2) is 8.62. The molecule has 5 nitrogen and oxygen atoms in total. The summed E-state index contributed by atoms with van der Waals surface area (Å²) in [6.07, 6.45) is 3.27. The van der Waals surface area contributed by atoms with E-state index in [4.69, 9.17) is 4.98 Å². The van der Waals surface area contributed by atoms with Gasteiger partial charge in [-0.25, -0.2) is 0 Å². The number of amides is 1. The fourth-order valence-electron chi connectivity index (χ4n) is 5.06. The predicted molar refractivity (Wildman–Crippen MR) is 119 cm³/mol. The van der Waals surface area contributed by atoms with E-state index in [9.17, 15) is 4.79 Å². The lowest BCUT2D eigenvalue weighted by atomic mass is 9.91. The van der Waals surface area contributed by atoms with E-state index in [1.54, 1.807) is 0 Å². The van der Waals surface area contributed by atoms with E-state index < -0.39 is 0 Å². The van der Waals surface area contributed by atoms with Gasteiger partial charge in [0.2, 0.25) is 5.91 Å². The van der Waals surface area contributed by atoms with Gasteiger partial charge in [-0.2, -0.15) is 11.8 Å². The van der Waals surface area contributed by atoms with E-state index in [0.717, 1.165) is 69.0 Å². The summed E-state index contributed by atoms with van der Waals surface area (Å²) in [5.74, 6) is 3.03. The second-order valence-corrected chi connectivity index (χ2v) is 9.75. The molecule has 1 amide bonds. The molecule has 0 unspecified atom stereocenters. The maximum atomic E-state index is 12.8. The maximum Gasteiger partial charge on any atom is 0.239 e. The minimum atomic E-state index is 0.0166. The summed E-state index contributed by atoms with van der Waals surface area (Å²) in [6.45, 7) is 4.98. The number of nitrogens with zero attached hydrogens (tertiary/aromatic N) is 3. The van der Waals surface area contributed by atoms with Crippen LogP contribution in [-0.4, -0.2) is 77.0 Å². The smallest absolute Gasteiger partial charge is 0.239 e. The molecule has 154 valence electrons. The fourth-order valence-corrected chi connectivity index (χ4v) is 5.96. The Morgan fingerprint density at radius 2 is 1.83 bits per heavy atom. The third kappa shape index (κ3) is 4.16. The van der Waals surface area contributed by atoms with Gasteiger partial charge in [-0.15, -0.1) is 0 Å². The van der Waals surface area contributed by atoms with Crippen molar-refractivity contribution in [2.45, 2.75) is 37.3 Å². The number of carbonyl (C=O) groups excluding carboxylic acids is 1. The fraction of sp³-hybridized carbons (Fsp3) is 0.565. The van der Waals surface area contributed by atoms with E-state index in [2.05, 4.69) is 51.5 Å². The minimum absolute atomic E-state index is 0.0166. The number of para-hydroxylation sites is 1. The number of thioether (sulfide) groups is 1. The molecule has 4 heterocycles. The molecule has 2 atom stereocenters. The summed E-state index contributed by atoms with van der Waals surface area (Å²) in [4.78, 5) is 22.4. The molecule has 3 fully saturated rings. The maximum absolute atomic E-state index is 12.8. The van der Waals surface area contributed by atoms with Gasteiger partial charge in [-0.1, -0.05) is 24.3 Å². The van der Waals surface area contributed by atoms with E-state index in [0.29, 0.717) is 17.9 Å². The largest absolute Gasteiger partial charge is 0.340 e. The van der Waals surface area contributed by atoms with Crippen LogP contribution in [0, 0.1) is 0 Å². The van der Waals surface area contributed by atoms with Gasteiger partial charge in [-0.05, 0) is 44.5 Å². The molecule has 3 saturated heterocycles. The first kappa shape index (κ1) is 19.3. The van der Waals surface area contributed by atoms with Gasteiger partial charge in [0, 0.05) is 54.2 Å². The molecule has 29 heavy (non-hydrogen) atoms. The Balaban J connectivity index is 1.16. The van der Waals surface area contributed by atoms with Crippen LogP contribution in [-0.2, 0) is 4.79 Å². The molecule has 6 heteroatoms. The first-order valence-electron chi connectivity index (χ1n) is 11.0. The second-order valence-electron chi connectivity index (χ2n) is 8.53. The van der Waals surface area contributed by atoms with Crippen molar-refractivity contribution in [2.75, 3.05) is 44.2 Å². The number of nitrogens with one attached hydrogen (secondary N) is 1. The summed E-state index contributed by atoms with van der Waals surface area (Å²) >= 11 is 1.95. The minimum Gasteiger partial charge on any atom is -0.340 e. The number of rotatable bonds is 3. The Morgan fingerprint density at radius 3 is 2.66 bits per heavy atom. The average molecular weight is 411 g/mol. The van der Waals surface area contributed by atoms with Gasteiger partial charge in [0.1, 0.15) is 0 Å². The van der Waals surface area contributed by atoms with Gasteiger partial charge in [0.05, 0.1) is 11.6 Å². The normalized spacial score (nSPS) is 26.8. The van der Waals surface area contributed by atoms with Gasteiger partial charge in [-0.3, -0.25) is 14.7 Å². The van der Waals surface area contributed by atoms with Crippen LogP contribution in [0.2, 0.25) is 0 Å². The summed E-state index contributed by atoms with van der Waals surface area (Å²) in [7, 11) is 0. The molecule has 1 aromatic heterocycles. The van der Waals surface area contributed by atoms with Crippen molar-refractivity contribution in [3.8, 4) is 0 Å². The number of aromatic nitrogens is 1. The lowest BCUT2D eigenvalue weighted by Crippen LogP contribution is -2.47. The van der Waals surface area contributed by atoms with Gasteiger partial charge in [0.15, 0.2) is 0 Å². The Kier molecular flexibility index (Phi) is 5.75. The highest BCUT2D eigenvalue weighted by Gasteiger charge is 2.36. The zero-order chi connectivity index (χ0) is 19.6. The van der Waals surface area contributed by atoms with Crippen molar-refractivity contribution >= 4 is 28.6 Å². The molecule has 0 aliphatic carbocycles. The molecular weight excluding hydrogens is 380 g/mol. The summed E-state index contributed by atoms with van der Waals surface area (Å²) in [6, 6.07) is 13.3. The zero-order valence-electron chi connectivity index (χ0n) is 16.9. The lowest BCUT2D eigenvalue weighted by molar-refractivity contribution is -0.132. The van der Waals surface area contributed by atoms with Gasteiger partial charge < -0.3 is 10.2 Å². The predicted octanol–water partition coefficient (Wildman–Crippen LogP) is 2.72. The van der Waals surface area contributed by atoms with E-state index in [1.807, 2.05) is 11.8 Å². The van der Waals surface area contributed by atoms with E-state index in [1.165, 1.54) is 11.1 Å². The van der Waals surface area contributed by atoms with Crippen LogP contribution in [0.25, 0.3) is 10.9 Å². The molecular formula is C23H30N4OS. The Bertz CT molecular complexity index is 861. The van der Waals surface area contributed by atoms with Crippen molar-refractivity contribution in [3.05, 3.63) is 42.1 Å². The monoisotopic (exact) mass is 410 g/mol. The highest BCUT2D eigenvalue weighted by Crippen LogP contribution is 2.30. The number of pyridine rings is 1. The van der Waals surface area contributed by atoms with Crippen LogP contribution in [0.5, 0.6) is 0 Å². The Hall–Kier alpha value is -1.63. The number of fused-ring (bicyclic) bond motifs is 1. The molecule has 3 aliphatic heterocycles. The standard InChI is InChI=1S/C23H30N4OS/c28-23(27-11-13-29-14-12-27)22-15-19(16-24-22)26-9-7-18(8-10-26)21-6-5-17-3-1-2-4-20(17)25-21/h1-6,18-19,22,24H,7-16H2/t19-,22-/m0/s1. The topological polar surface area (TPSA) is 48.5 Å². The number of benzene rings is 1. The molecule has 0 saturated carbocycles. The molecule has 3 aliphatic rings. The number of hydrogen-bond acceptors (Lipinski definition) is 5. The Labute approximate surface area is 177 Å². The molecule has 0 bridgehead atoms. The quantitative estimate of drug-likeness (QED) is 0.843. The van der Waals surface area contributed by atoms with Gasteiger partial charge >= 0.3 is 0 Å². The molecule has 1 N–H and O–H groups in total. The van der Waals surface area contributed by atoms with Crippen molar-refractivity contribution in [1.29, 1.82) is 0 Å². The highest BCUT2D eigenvalue weighted by atomic mass is 32.2. The van der Waals surface area contributed by atoms with Crippen LogP contribution in [0.3, 0.4) is 0 Å². The van der Waals surface area contributed by atoms with Crippen LogP contribution in [0.4, 0.5) is 0 Å². The van der Waals surface area contributed by atoms with E-state index >= 15 is 0 Å². The highest BCUT2D eigenvalue weighted by molar-refractivity contribution is 7.99. The zero-order valence-corrected chi connectivity index (χ0v) is 17.7. The summed E-state index contributed by atoms with van der Waals surface area (Å²) in [5.41, 5.74) is 2.34. The number of likely N-dealkylation sites (tertiary alicyclic amines) is 1. The lowest BCUT2D eigenvalue weighted by Gasteiger charge is -2.35. The Morgan fingerprint density at radius 1 is 1.03 bits per heavy atom. The molecule has 1 aromatic carbocycles. The van der Waals surface area contributed by atoms with Crippen molar-refractivity contribution in [2.24, 2.45) is 0 Å².